The number of hydrogen-bond acceptors (Lipinski definition) is 2. The van der Waals surface area contributed by atoms with Gasteiger partial charge in [-0.3, -0.25) is 9.59 Å². The maximum Gasteiger partial charge on any atom is 0.303 e. The topological polar surface area (TPSA) is 66.4 Å². The lowest BCUT2D eigenvalue weighted by atomic mass is 9.82. The fraction of sp³-hybridized carbons (Fsp3) is 0.500. The second kappa shape index (κ2) is 6.94. The van der Waals surface area contributed by atoms with E-state index in [-0.39, 0.29) is 24.3 Å². The van der Waals surface area contributed by atoms with E-state index in [0.29, 0.717) is 10.6 Å². The van der Waals surface area contributed by atoms with Gasteiger partial charge in [-0.1, -0.05) is 36.6 Å². The van der Waals surface area contributed by atoms with Gasteiger partial charge in [-0.25, -0.2) is 0 Å². The predicted octanol–water partition coefficient (Wildman–Crippen LogP) is 3.41. The molecule has 1 fully saturated rings. The summed E-state index contributed by atoms with van der Waals surface area (Å²) < 4.78 is 0. The third-order valence-corrected chi connectivity index (χ3v) is 4.60. The Morgan fingerprint density at radius 3 is 2.76 bits per heavy atom. The van der Waals surface area contributed by atoms with Crippen molar-refractivity contribution in [2.24, 2.45) is 5.92 Å². The molecule has 1 aliphatic rings. The Labute approximate surface area is 129 Å². The Hall–Kier alpha value is -1.55. The summed E-state index contributed by atoms with van der Waals surface area (Å²) in [5.74, 6) is -1.02. The van der Waals surface area contributed by atoms with Gasteiger partial charge in [0, 0.05) is 6.04 Å². The average molecular weight is 310 g/mol. The number of aliphatic carboxylic acids is 1. The molecule has 0 aliphatic heterocycles. The monoisotopic (exact) mass is 309 g/mol. The molecule has 2 rings (SSSR count). The normalized spacial score (nSPS) is 21.8. The van der Waals surface area contributed by atoms with Gasteiger partial charge in [0.1, 0.15) is 0 Å². The van der Waals surface area contributed by atoms with Crippen LogP contribution in [0.25, 0.3) is 0 Å². The van der Waals surface area contributed by atoms with Crippen molar-refractivity contribution in [1.82, 2.24) is 5.32 Å². The van der Waals surface area contributed by atoms with E-state index in [4.69, 9.17) is 16.7 Å². The third kappa shape index (κ3) is 3.97. The molecule has 1 aromatic rings. The standard InChI is InChI=1S/C16H20ClNO3/c1-10-5-4-7-12(15(10)17)16(21)18-13-8-3-2-6-11(13)9-14(19)20/h4-5,7,11,13H,2-3,6,8-9H2,1H3,(H,18,21)(H,19,20)/t11-,13-/m1/s1. The summed E-state index contributed by atoms with van der Waals surface area (Å²) in [5, 5.41) is 12.4. The summed E-state index contributed by atoms with van der Waals surface area (Å²) in [5.41, 5.74) is 1.31. The van der Waals surface area contributed by atoms with Crippen molar-refractivity contribution in [1.29, 1.82) is 0 Å². The van der Waals surface area contributed by atoms with Crippen molar-refractivity contribution in [3.8, 4) is 0 Å². The van der Waals surface area contributed by atoms with Crippen LogP contribution in [0.2, 0.25) is 5.02 Å². The second-order valence-corrected chi connectivity index (χ2v) is 6.04. The van der Waals surface area contributed by atoms with Gasteiger partial charge in [0.2, 0.25) is 0 Å². The number of nitrogens with one attached hydrogen (secondary N) is 1. The smallest absolute Gasteiger partial charge is 0.303 e. The Morgan fingerprint density at radius 1 is 1.33 bits per heavy atom. The van der Waals surface area contributed by atoms with Crippen LogP contribution in [0.3, 0.4) is 0 Å². The number of aryl methyl sites for hydroxylation is 1. The molecule has 1 saturated carbocycles. The number of carboxylic acid groups (broad SMARTS) is 1. The minimum absolute atomic E-state index is 0.00350. The highest BCUT2D eigenvalue weighted by Crippen LogP contribution is 2.28. The zero-order valence-electron chi connectivity index (χ0n) is 12.1. The van der Waals surface area contributed by atoms with Gasteiger partial charge in [-0.05, 0) is 37.3 Å². The lowest BCUT2D eigenvalue weighted by Crippen LogP contribution is -2.43. The molecule has 0 heterocycles. The number of amides is 1. The quantitative estimate of drug-likeness (QED) is 0.895. The molecular formula is C16H20ClNO3. The van der Waals surface area contributed by atoms with Crippen molar-refractivity contribution in [2.75, 3.05) is 0 Å². The minimum Gasteiger partial charge on any atom is -0.481 e. The molecule has 2 atom stereocenters. The maximum absolute atomic E-state index is 12.4. The highest BCUT2D eigenvalue weighted by atomic mass is 35.5. The Bertz CT molecular complexity index is 544. The molecule has 0 unspecified atom stereocenters. The highest BCUT2D eigenvalue weighted by Gasteiger charge is 2.29. The fourth-order valence-corrected chi connectivity index (χ4v) is 3.15. The molecule has 2 N–H and O–H groups in total. The maximum atomic E-state index is 12.4. The van der Waals surface area contributed by atoms with Crippen molar-refractivity contribution >= 4 is 23.5 Å². The Morgan fingerprint density at radius 2 is 2.05 bits per heavy atom. The first-order valence-electron chi connectivity index (χ1n) is 7.27. The first kappa shape index (κ1) is 15.8. The molecule has 21 heavy (non-hydrogen) atoms. The first-order valence-corrected chi connectivity index (χ1v) is 7.64. The zero-order valence-corrected chi connectivity index (χ0v) is 12.8. The summed E-state index contributed by atoms with van der Waals surface area (Å²) in [4.78, 5) is 23.3. The van der Waals surface area contributed by atoms with Crippen LogP contribution in [0.4, 0.5) is 0 Å². The van der Waals surface area contributed by atoms with Crippen LogP contribution < -0.4 is 5.32 Å². The largest absolute Gasteiger partial charge is 0.481 e. The molecule has 0 saturated heterocycles. The summed E-state index contributed by atoms with van der Waals surface area (Å²) >= 11 is 6.17. The van der Waals surface area contributed by atoms with Gasteiger partial charge >= 0.3 is 5.97 Å². The molecule has 114 valence electrons. The highest BCUT2D eigenvalue weighted by molar-refractivity contribution is 6.34. The van der Waals surface area contributed by atoms with E-state index < -0.39 is 5.97 Å². The zero-order chi connectivity index (χ0) is 15.4. The van der Waals surface area contributed by atoms with Crippen LogP contribution >= 0.6 is 11.6 Å². The van der Waals surface area contributed by atoms with Crippen molar-refractivity contribution < 1.29 is 14.7 Å². The van der Waals surface area contributed by atoms with E-state index in [1.165, 1.54) is 0 Å². The summed E-state index contributed by atoms with van der Waals surface area (Å²) in [6.45, 7) is 1.85. The molecule has 0 radical (unpaired) electrons. The van der Waals surface area contributed by atoms with Crippen LogP contribution in [0, 0.1) is 12.8 Å². The van der Waals surface area contributed by atoms with Crippen molar-refractivity contribution in [3.05, 3.63) is 34.3 Å². The van der Waals surface area contributed by atoms with Crippen LogP contribution in [0.15, 0.2) is 18.2 Å². The molecule has 1 aromatic carbocycles. The molecule has 0 bridgehead atoms. The molecule has 0 aromatic heterocycles. The molecule has 1 amide bonds. The summed E-state index contributed by atoms with van der Waals surface area (Å²) in [7, 11) is 0. The van der Waals surface area contributed by atoms with Crippen molar-refractivity contribution in [3.63, 3.8) is 0 Å². The van der Waals surface area contributed by atoms with Gasteiger partial charge in [0.15, 0.2) is 0 Å². The predicted molar refractivity (Wildman–Crippen MR) is 81.7 cm³/mol. The first-order chi connectivity index (χ1) is 9.99. The minimum atomic E-state index is -0.810. The van der Waals surface area contributed by atoms with E-state index >= 15 is 0 Å². The van der Waals surface area contributed by atoms with Gasteiger partial charge in [-0.15, -0.1) is 0 Å². The lowest BCUT2D eigenvalue weighted by Gasteiger charge is -2.31. The SMILES string of the molecule is Cc1cccc(C(=O)N[C@@H]2CCCC[C@@H]2CC(=O)O)c1Cl. The molecule has 4 nitrogen and oxygen atoms in total. The fourth-order valence-electron chi connectivity index (χ4n) is 2.94. The molecule has 1 aliphatic carbocycles. The van der Waals surface area contributed by atoms with Crippen LogP contribution in [0.1, 0.15) is 48.0 Å². The van der Waals surface area contributed by atoms with E-state index in [2.05, 4.69) is 5.32 Å². The number of carboxylic acids is 1. The van der Waals surface area contributed by atoms with Gasteiger partial charge in [0.25, 0.3) is 5.91 Å². The van der Waals surface area contributed by atoms with E-state index in [0.717, 1.165) is 31.2 Å². The summed E-state index contributed by atoms with van der Waals surface area (Å²) in [6, 6.07) is 5.26. The molecule has 0 spiro atoms. The number of hydrogen-bond donors (Lipinski definition) is 2. The van der Waals surface area contributed by atoms with E-state index in [1.807, 2.05) is 13.0 Å². The number of carbonyl (C=O) groups is 2. The Kier molecular flexibility index (Phi) is 5.23. The third-order valence-electron chi connectivity index (χ3n) is 4.10. The van der Waals surface area contributed by atoms with Crippen LogP contribution in [-0.4, -0.2) is 23.0 Å². The number of halogens is 1. The second-order valence-electron chi connectivity index (χ2n) is 5.66. The Balaban J connectivity index is 2.09. The molecular weight excluding hydrogens is 290 g/mol. The van der Waals surface area contributed by atoms with Gasteiger partial charge in [0.05, 0.1) is 17.0 Å². The van der Waals surface area contributed by atoms with Gasteiger partial charge < -0.3 is 10.4 Å². The lowest BCUT2D eigenvalue weighted by molar-refractivity contribution is -0.138. The average Bonchev–Trinajstić information content (AvgIpc) is 2.43. The van der Waals surface area contributed by atoms with Crippen LogP contribution in [0.5, 0.6) is 0 Å². The summed E-state index contributed by atoms with van der Waals surface area (Å²) in [6.07, 6.45) is 3.82. The molecule has 5 heteroatoms. The van der Waals surface area contributed by atoms with E-state index in [1.54, 1.807) is 12.1 Å². The van der Waals surface area contributed by atoms with E-state index in [9.17, 15) is 9.59 Å². The van der Waals surface area contributed by atoms with Gasteiger partial charge in [-0.2, -0.15) is 0 Å². The number of carbonyl (C=O) groups excluding carboxylic acids is 1. The van der Waals surface area contributed by atoms with Crippen molar-refractivity contribution in [2.45, 2.75) is 45.1 Å². The number of rotatable bonds is 4. The number of benzene rings is 1. The van der Waals surface area contributed by atoms with Crippen LogP contribution in [-0.2, 0) is 4.79 Å².